The molecule has 6 heteroatoms. The largest absolute Gasteiger partial charge is 0.467 e. The summed E-state index contributed by atoms with van der Waals surface area (Å²) in [4.78, 5) is 12.2. The molecule has 1 aromatic heterocycles. The van der Waals surface area contributed by atoms with E-state index in [1.165, 1.54) is 20.0 Å². The van der Waals surface area contributed by atoms with Gasteiger partial charge in [0.05, 0.1) is 7.11 Å². The van der Waals surface area contributed by atoms with Gasteiger partial charge in [0, 0.05) is 13.1 Å². The molecule has 1 aromatic rings. The Bertz CT molecular complexity index is 303. The highest BCUT2D eigenvalue weighted by atomic mass is 16.5. The van der Waals surface area contributed by atoms with Gasteiger partial charge in [0.1, 0.15) is 0 Å². The van der Waals surface area contributed by atoms with E-state index in [4.69, 9.17) is 4.74 Å². The first-order valence-corrected chi connectivity index (χ1v) is 4.56. The maximum atomic E-state index is 4.96. The summed E-state index contributed by atoms with van der Waals surface area (Å²) in [5.41, 5.74) is 0. The van der Waals surface area contributed by atoms with Crippen LogP contribution in [0.3, 0.4) is 0 Å². The number of aromatic nitrogens is 3. The molecule has 0 spiro atoms. The average Bonchev–Trinajstić information content (AvgIpc) is 3.01. The van der Waals surface area contributed by atoms with Gasteiger partial charge in [0.15, 0.2) is 0 Å². The molecular weight excluding hydrogens is 182 g/mol. The fourth-order valence-electron chi connectivity index (χ4n) is 1.03. The second-order valence-electron chi connectivity index (χ2n) is 3.14. The molecule has 0 amide bonds. The molecular formula is C8H13N5O. The van der Waals surface area contributed by atoms with E-state index >= 15 is 0 Å². The maximum Gasteiger partial charge on any atom is 0.322 e. The van der Waals surface area contributed by atoms with Gasteiger partial charge in [0.25, 0.3) is 0 Å². The van der Waals surface area contributed by atoms with Gasteiger partial charge < -0.3 is 15.4 Å². The number of methoxy groups -OCH3 is 1. The zero-order valence-electron chi connectivity index (χ0n) is 8.24. The van der Waals surface area contributed by atoms with Crippen molar-refractivity contribution in [1.82, 2.24) is 15.0 Å². The monoisotopic (exact) mass is 195 g/mol. The van der Waals surface area contributed by atoms with E-state index < -0.39 is 0 Å². The van der Waals surface area contributed by atoms with Gasteiger partial charge in [-0.3, -0.25) is 0 Å². The summed E-state index contributed by atoms with van der Waals surface area (Å²) in [6.45, 7) is 0. The fourth-order valence-corrected chi connectivity index (χ4v) is 1.03. The highest BCUT2D eigenvalue weighted by molar-refractivity contribution is 5.36. The maximum absolute atomic E-state index is 4.96. The zero-order valence-corrected chi connectivity index (χ0v) is 8.24. The molecule has 0 saturated heterocycles. The minimum Gasteiger partial charge on any atom is -0.467 e. The van der Waals surface area contributed by atoms with Crippen molar-refractivity contribution in [3.05, 3.63) is 0 Å². The molecule has 0 unspecified atom stereocenters. The summed E-state index contributed by atoms with van der Waals surface area (Å²) in [5, 5.41) is 6.04. The second kappa shape index (κ2) is 3.65. The lowest BCUT2D eigenvalue weighted by Gasteiger charge is -2.06. The molecule has 1 aliphatic rings. The van der Waals surface area contributed by atoms with Crippen molar-refractivity contribution >= 4 is 11.9 Å². The minimum absolute atomic E-state index is 0.326. The van der Waals surface area contributed by atoms with Crippen LogP contribution in [0.4, 0.5) is 11.9 Å². The van der Waals surface area contributed by atoms with Crippen molar-refractivity contribution in [2.45, 2.75) is 18.9 Å². The van der Waals surface area contributed by atoms with Gasteiger partial charge in [-0.2, -0.15) is 15.0 Å². The zero-order chi connectivity index (χ0) is 9.97. The Morgan fingerprint density at radius 3 is 2.50 bits per heavy atom. The molecule has 76 valence electrons. The quantitative estimate of drug-likeness (QED) is 0.728. The van der Waals surface area contributed by atoms with Crippen LogP contribution in [0.1, 0.15) is 12.8 Å². The van der Waals surface area contributed by atoms with E-state index in [2.05, 4.69) is 25.6 Å². The number of nitrogens with zero attached hydrogens (tertiary/aromatic N) is 3. The number of hydrogen-bond acceptors (Lipinski definition) is 6. The summed E-state index contributed by atoms with van der Waals surface area (Å²) < 4.78 is 4.96. The van der Waals surface area contributed by atoms with Crippen LogP contribution < -0.4 is 15.4 Å². The summed E-state index contributed by atoms with van der Waals surface area (Å²) in [6, 6.07) is 0.847. The van der Waals surface area contributed by atoms with E-state index in [1.807, 2.05) is 0 Å². The Morgan fingerprint density at radius 2 is 1.93 bits per heavy atom. The Hall–Kier alpha value is -1.59. The topological polar surface area (TPSA) is 72.0 Å². The van der Waals surface area contributed by atoms with Crippen molar-refractivity contribution in [2.75, 3.05) is 24.8 Å². The molecule has 1 aliphatic carbocycles. The number of rotatable bonds is 4. The standard InChI is InChI=1S/C8H13N5O/c1-9-6-11-7(10-5-3-4-5)13-8(12-6)14-2/h5H,3-4H2,1-2H3,(H2,9,10,11,12,13). The predicted molar refractivity (Wildman–Crippen MR) is 52.6 cm³/mol. The van der Waals surface area contributed by atoms with Crippen LogP contribution in [0.5, 0.6) is 6.01 Å². The molecule has 0 atom stereocenters. The van der Waals surface area contributed by atoms with Crippen molar-refractivity contribution < 1.29 is 4.74 Å². The molecule has 1 saturated carbocycles. The average molecular weight is 195 g/mol. The van der Waals surface area contributed by atoms with Crippen LogP contribution in [0.2, 0.25) is 0 Å². The van der Waals surface area contributed by atoms with Gasteiger partial charge in [0.2, 0.25) is 11.9 Å². The highest BCUT2D eigenvalue weighted by Gasteiger charge is 2.22. The van der Waals surface area contributed by atoms with E-state index in [-0.39, 0.29) is 0 Å². The first kappa shape index (κ1) is 8.98. The van der Waals surface area contributed by atoms with Crippen molar-refractivity contribution in [1.29, 1.82) is 0 Å². The van der Waals surface area contributed by atoms with E-state index in [9.17, 15) is 0 Å². The van der Waals surface area contributed by atoms with Crippen LogP contribution in [-0.2, 0) is 0 Å². The van der Waals surface area contributed by atoms with E-state index in [0.717, 1.165) is 0 Å². The van der Waals surface area contributed by atoms with Gasteiger partial charge in [-0.1, -0.05) is 0 Å². The number of anilines is 2. The summed E-state index contributed by atoms with van der Waals surface area (Å²) >= 11 is 0. The van der Waals surface area contributed by atoms with Gasteiger partial charge in [-0.25, -0.2) is 0 Å². The summed E-state index contributed by atoms with van der Waals surface area (Å²) in [5.74, 6) is 1.09. The molecule has 2 rings (SSSR count). The van der Waals surface area contributed by atoms with Crippen LogP contribution in [0, 0.1) is 0 Å². The molecule has 2 N–H and O–H groups in total. The lowest BCUT2D eigenvalue weighted by molar-refractivity contribution is 0.379. The van der Waals surface area contributed by atoms with Crippen LogP contribution >= 0.6 is 0 Å². The van der Waals surface area contributed by atoms with Crippen molar-refractivity contribution in [3.63, 3.8) is 0 Å². The lowest BCUT2D eigenvalue weighted by Crippen LogP contribution is -2.09. The predicted octanol–water partition coefficient (Wildman–Crippen LogP) is 0.496. The number of hydrogen-bond donors (Lipinski definition) is 2. The highest BCUT2D eigenvalue weighted by Crippen LogP contribution is 2.23. The molecule has 6 nitrogen and oxygen atoms in total. The first-order chi connectivity index (χ1) is 6.81. The Morgan fingerprint density at radius 1 is 1.21 bits per heavy atom. The van der Waals surface area contributed by atoms with Crippen LogP contribution in [0.15, 0.2) is 0 Å². The molecule has 0 aliphatic heterocycles. The summed E-state index contributed by atoms with van der Waals surface area (Å²) in [7, 11) is 3.30. The molecule has 14 heavy (non-hydrogen) atoms. The van der Waals surface area contributed by atoms with Crippen molar-refractivity contribution in [2.24, 2.45) is 0 Å². The SMILES string of the molecule is CNc1nc(NC2CC2)nc(OC)n1. The molecule has 1 fully saturated rings. The third-order valence-corrected chi connectivity index (χ3v) is 1.93. The molecule has 1 heterocycles. The number of nitrogens with one attached hydrogen (secondary N) is 2. The van der Waals surface area contributed by atoms with Gasteiger partial charge >= 0.3 is 6.01 Å². The van der Waals surface area contributed by atoms with Crippen LogP contribution in [0.25, 0.3) is 0 Å². The third kappa shape index (κ3) is 2.01. The fraction of sp³-hybridized carbons (Fsp3) is 0.625. The smallest absolute Gasteiger partial charge is 0.322 e. The Labute approximate surface area is 82.1 Å². The lowest BCUT2D eigenvalue weighted by atomic mass is 10.7. The van der Waals surface area contributed by atoms with Gasteiger partial charge in [-0.05, 0) is 12.8 Å². The van der Waals surface area contributed by atoms with E-state index in [0.29, 0.717) is 23.9 Å². The number of ether oxygens (including phenoxy) is 1. The van der Waals surface area contributed by atoms with E-state index in [1.54, 1.807) is 7.05 Å². The first-order valence-electron chi connectivity index (χ1n) is 4.56. The second-order valence-corrected chi connectivity index (χ2v) is 3.14. The minimum atomic E-state index is 0.326. The molecule has 0 radical (unpaired) electrons. The normalized spacial score (nSPS) is 15.0. The van der Waals surface area contributed by atoms with Crippen LogP contribution in [-0.4, -0.2) is 35.2 Å². The Balaban J connectivity index is 2.19. The Kier molecular flexibility index (Phi) is 2.34. The summed E-state index contributed by atoms with van der Waals surface area (Å²) in [6.07, 6.45) is 2.37. The third-order valence-electron chi connectivity index (χ3n) is 1.93. The molecule has 0 bridgehead atoms. The molecule has 0 aromatic carbocycles. The van der Waals surface area contributed by atoms with Gasteiger partial charge in [-0.15, -0.1) is 0 Å². The van der Waals surface area contributed by atoms with Crippen molar-refractivity contribution in [3.8, 4) is 6.01 Å².